The average Bonchev–Trinajstić information content (AvgIpc) is 2.20. The van der Waals surface area contributed by atoms with Gasteiger partial charge < -0.3 is 31.1 Å². The molecule has 2 atom stereocenters. The predicted octanol–water partition coefficient (Wildman–Crippen LogP) is -0.154. The smallest absolute Gasteiger partial charge is 0.405 e. The fraction of sp³-hybridized carbons (Fsp3) is 0.600. The molecule has 20 heavy (non-hydrogen) atoms. The predicted molar refractivity (Wildman–Crippen MR) is 63.6 cm³/mol. The maximum absolute atomic E-state index is 10.8. The summed E-state index contributed by atoms with van der Waals surface area (Å²) in [5, 5.41) is 38.7. The van der Waals surface area contributed by atoms with Crippen LogP contribution in [0.3, 0.4) is 0 Å². The Labute approximate surface area is 113 Å². The van der Waals surface area contributed by atoms with Gasteiger partial charge in [-0.2, -0.15) is 0 Å². The molecule has 2 unspecified atom stereocenters. The number of nitrogens with one attached hydrogen (secondary N) is 2. The molecule has 0 heterocycles. The van der Waals surface area contributed by atoms with Crippen LogP contribution in [0.25, 0.3) is 0 Å². The van der Waals surface area contributed by atoms with Crippen molar-refractivity contribution in [2.45, 2.75) is 25.3 Å². The lowest BCUT2D eigenvalue weighted by Crippen LogP contribution is -2.55. The van der Waals surface area contributed by atoms with E-state index >= 15 is 0 Å². The molecule has 10 heteroatoms. The van der Waals surface area contributed by atoms with E-state index in [1.165, 1.54) is 6.92 Å². The molecule has 10 nitrogen and oxygen atoms in total. The molecular formula is C10H16N2O8. The number of aliphatic carboxylic acids is 2. The van der Waals surface area contributed by atoms with Crippen LogP contribution in [0, 0.1) is 5.92 Å². The van der Waals surface area contributed by atoms with Crippen LogP contribution in [0.1, 0.15) is 19.8 Å². The Morgan fingerprint density at radius 2 is 1.55 bits per heavy atom. The second kappa shape index (κ2) is 7.16. The van der Waals surface area contributed by atoms with E-state index in [-0.39, 0.29) is 0 Å². The quantitative estimate of drug-likeness (QED) is 0.358. The molecular weight excluding hydrogens is 276 g/mol. The average molecular weight is 292 g/mol. The number of carboxylic acids is 2. The van der Waals surface area contributed by atoms with Gasteiger partial charge in [0.2, 0.25) is 0 Å². The molecule has 0 saturated heterocycles. The summed E-state index contributed by atoms with van der Waals surface area (Å²) in [6, 6.07) is 0. The Bertz CT molecular complexity index is 392. The Kier molecular flexibility index (Phi) is 6.26. The largest absolute Gasteiger partial charge is 0.481 e. The summed E-state index contributed by atoms with van der Waals surface area (Å²) < 4.78 is 0. The topological polar surface area (TPSA) is 173 Å². The fourth-order valence-electron chi connectivity index (χ4n) is 1.79. The molecule has 0 spiro atoms. The Hall–Kier alpha value is -2.52. The molecule has 0 saturated carbocycles. The number of hydrogen-bond acceptors (Lipinski definition) is 4. The highest BCUT2D eigenvalue weighted by atomic mass is 16.4. The number of rotatable bonds is 8. The molecule has 0 aromatic rings. The zero-order valence-corrected chi connectivity index (χ0v) is 10.6. The molecule has 0 radical (unpaired) electrons. The lowest BCUT2D eigenvalue weighted by Gasteiger charge is -2.35. The summed E-state index contributed by atoms with van der Waals surface area (Å²) in [4.78, 5) is 42.8. The van der Waals surface area contributed by atoms with Crippen molar-refractivity contribution in [2.75, 3.05) is 6.54 Å². The zero-order chi connectivity index (χ0) is 15.9. The van der Waals surface area contributed by atoms with Gasteiger partial charge in [0.1, 0.15) is 0 Å². The number of carbonyl (C=O) groups is 4. The van der Waals surface area contributed by atoms with E-state index in [1.807, 2.05) is 10.6 Å². The second-order valence-electron chi connectivity index (χ2n) is 4.40. The normalized spacial score (nSPS) is 14.7. The van der Waals surface area contributed by atoms with Crippen LogP contribution in [0.5, 0.6) is 0 Å². The van der Waals surface area contributed by atoms with Crippen molar-refractivity contribution in [3.63, 3.8) is 0 Å². The highest BCUT2D eigenvalue weighted by molar-refractivity contribution is 5.73. The number of hydrogen-bond donors (Lipinski definition) is 6. The minimum absolute atomic E-state index is 0.397. The minimum atomic E-state index is -1.63. The van der Waals surface area contributed by atoms with E-state index in [1.54, 1.807) is 0 Å². The monoisotopic (exact) mass is 292 g/mol. The van der Waals surface area contributed by atoms with E-state index < -0.39 is 55.0 Å². The van der Waals surface area contributed by atoms with Crippen molar-refractivity contribution in [3.8, 4) is 0 Å². The third kappa shape index (κ3) is 6.42. The third-order valence-corrected chi connectivity index (χ3v) is 2.73. The van der Waals surface area contributed by atoms with E-state index in [2.05, 4.69) is 0 Å². The lowest BCUT2D eigenvalue weighted by molar-refractivity contribution is -0.142. The van der Waals surface area contributed by atoms with Crippen LogP contribution < -0.4 is 10.6 Å². The van der Waals surface area contributed by atoms with Gasteiger partial charge in [0.15, 0.2) is 0 Å². The van der Waals surface area contributed by atoms with E-state index in [0.29, 0.717) is 0 Å². The molecule has 0 aliphatic rings. The number of carboxylic acid groups (broad SMARTS) is 4. The molecule has 0 aliphatic heterocycles. The van der Waals surface area contributed by atoms with E-state index in [9.17, 15) is 19.2 Å². The Morgan fingerprint density at radius 3 is 1.90 bits per heavy atom. The van der Waals surface area contributed by atoms with Crippen molar-refractivity contribution in [2.24, 2.45) is 5.92 Å². The third-order valence-electron chi connectivity index (χ3n) is 2.73. The molecule has 0 aliphatic carbocycles. The van der Waals surface area contributed by atoms with E-state index in [4.69, 9.17) is 20.4 Å². The van der Waals surface area contributed by atoms with Crippen molar-refractivity contribution in [1.82, 2.24) is 10.6 Å². The highest BCUT2D eigenvalue weighted by Gasteiger charge is 2.39. The summed E-state index contributed by atoms with van der Waals surface area (Å²) >= 11 is 0. The van der Waals surface area contributed by atoms with Crippen molar-refractivity contribution in [1.29, 1.82) is 0 Å². The van der Waals surface area contributed by atoms with Gasteiger partial charge >= 0.3 is 24.1 Å². The summed E-state index contributed by atoms with van der Waals surface area (Å²) in [7, 11) is 0. The molecule has 114 valence electrons. The molecule has 2 amide bonds. The first-order chi connectivity index (χ1) is 9.06. The second-order valence-corrected chi connectivity index (χ2v) is 4.40. The fourth-order valence-corrected chi connectivity index (χ4v) is 1.79. The van der Waals surface area contributed by atoms with Gasteiger partial charge in [-0.15, -0.1) is 0 Å². The van der Waals surface area contributed by atoms with Crippen molar-refractivity contribution >= 4 is 24.1 Å². The maximum Gasteiger partial charge on any atom is 0.405 e. The van der Waals surface area contributed by atoms with Crippen LogP contribution in [0.15, 0.2) is 0 Å². The van der Waals surface area contributed by atoms with Gasteiger partial charge in [-0.25, -0.2) is 9.59 Å². The number of amides is 2. The lowest BCUT2D eigenvalue weighted by atomic mass is 9.80. The van der Waals surface area contributed by atoms with Crippen LogP contribution in [-0.4, -0.2) is 56.6 Å². The first kappa shape index (κ1) is 17.5. The van der Waals surface area contributed by atoms with Crippen LogP contribution >= 0.6 is 0 Å². The molecule has 0 fully saturated rings. The Balaban J connectivity index is 5.23. The van der Waals surface area contributed by atoms with Gasteiger partial charge in [-0.1, -0.05) is 0 Å². The van der Waals surface area contributed by atoms with Crippen molar-refractivity contribution < 1.29 is 39.6 Å². The maximum atomic E-state index is 10.8. The van der Waals surface area contributed by atoms with Gasteiger partial charge in [0.05, 0.1) is 18.4 Å². The molecule has 0 aromatic heterocycles. The van der Waals surface area contributed by atoms with Gasteiger partial charge in [0, 0.05) is 12.5 Å². The molecule has 6 N–H and O–H groups in total. The molecule has 0 bridgehead atoms. The van der Waals surface area contributed by atoms with Gasteiger partial charge in [-0.3, -0.25) is 9.59 Å². The van der Waals surface area contributed by atoms with Gasteiger partial charge in [0.25, 0.3) is 0 Å². The zero-order valence-electron chi connectivity index (χ0n) is 10.6. The highest BCUT2D eigenvalue weighted by Crippen LogP contribution is 2.24. The van der Waals surface area contributed by atoms with Crippen LogP contribution in [0.2, 0.25) is 0 Å². The van der Waals surface area contributed by atoms with Crippen LogP contribution in [0.4, 0.5) is 9.59 Å². The first-order valence-electron chi connectivity index (χ1n) is 5.48. The first-order valence-corrected chi connectivity index (χ1v) is 5.48. The SMILES string of the molecule is CC(CC(=O)O)(NC(=O)O)C(CNC(=O)O)CC(=O)O. The summed E-state index contributed by atoms with van der Waals surface area (Å²) in [6.07, 6.45) is -4.23. The Morgan fingerprint density at radius 1 is 1.00 bits per heavy atom. The van der Waals surface area contributed by atoms with Crippen molar-refractivity contribution in [3.05, 3.63) is 0 Å². The summed E-state index contributed by atoms with van der Waals surface area (Å²) in [5.74, 6) is -3.71. The summed E-state index contributed by atoms with van der Waals surface area (Å²) in [5.41, 5.74) is -1.63. The standard InChI is InChI=1S/C10H16N2O8/c1-10(3-7(15)16,12-9(19)20)5(2-6(13)14)4-11-8(17)18/h5,11-12H,2-4H2,1H3,(H,13,14)(H,15,16)(H,17,18)(H,19,20). The summed E-state index contributed by atoms with van der Waals surface area (Å²) in [6.45, 7) is 0.818. The molecule has 0 aromatic carbocycles. The van der Waals surface area contributed by atoms with E-state index in [0.717, 1.165) is 0 Å². The molecule has 0 rings (SSSR count). The minimum Gasteiger partial charge on any atom is -0.481 e. The van der Waals surface area contributed by atoms with Crippen LogP contribution in [-0.2, 0) is 9.59 Å². The van der Waals surface area contributed by atoms with Gasteiger partial charge in [-0.05, 0) is 6.92 Å².